The summed E-state index contributed by atoms with van der Waals surface area (Å²) in [5, 5.41) is 1.18. The lowest BCUT2D eigenvalue weighted by Gasteiger charge is -2.22. The quantitative estimate of drug-likeness (QED) is 0.362. The molecule has 0 saturated carbocycles. The second kappa shape index (κ2) is 9.25. The number of carbonyl (C=O) groups is 1. The molecule has 30 heavy (non-hydrogen) atoms. The van der Waals surface area contributed by atoms with E-state index in [1.165, 1.54) is 27.7 Å². The molecule has 0 aliphatic heterocycles. The van der Waals surface area contributed by atoms with Gasteiger partial charge in [0.05, 0.1) is 19.1 Å². The Morgan fingerprint density at radius 1 is 1.13 bits per heavy atom. The summed E-state index contributed by atoms with van der Waals surface area (Å²) in [6.07, 6.45) is 1.52. The predicted molar refractivity (Wildman–Crippen MR) is 125 cm³/mol. The monoisotopic (exact) mass is 471 g/mol. The largest absolute Gasteiger partial charge is 0.497 e. The van der Waals surface area contributed by atoms with Crippen LogP contribution in [0.2, 0.25) is 0 Å². The van der Waals surface area contributed by atoms with Gasteiger partial charge in [-0.05, 0) is 82.0 Å². The number of ether oxygens (including phenoxy) is 2. The standard InChI is InChI=1S/C25H30BrNO3/c1-6-30-24(28)25(3,4)14-13-21-17(2)27(16-18-7-9-19(26)10-8-18)23-12-11-20(29-5)15-22(21)23/h7-12,15H,6,13-14,16H2,1-5H3. The van der Waals surface area contributed by atoms with E-state index in [1.807, 2.05) is 26.8 Å². The first-order valence-electron chi connectivity index (χ1n) is 10.3. The molecule has 0 bridgehead atoms. The molecule has 0 aliphatic carbocycles. The van der Waals surface area contributed by atoms with E-state index in [4.69, 9.17) is 9.47 Å². The summed E-state index contributed by atoms with van der Waals surface area (Å²) in [6, 6.07) is 14.7. The van der Waals surface area contributed by atoms with Gasteiger partial charge in [0.25, 0.3) is 0 Å². The highest BCUT2D eigenvalue weighted by Gasteiger charge is 2.29. The van der Waals surface area contributed by atoms with Crippen molar-refractivity contribution < 1.29 is 14.3 Å². The van der Waals surface area contributed by atoms with Crippen molar-refractivity contribution in [2.45, 2.75) is 47.1 Å². The highest BCUT2D eigenvalue weighted by Crippen LogP contribution is 2.34. The lowest BCUT2D eigenvalue weighted by atomic mass is 9.86. The summed E-state index contributed by atoms with van der Waals surface area (Å²) >= 11 is 3.51. The van der Waals surface area contributed by atoms with Crippen LogP contribution in [-0.4, -0.2) is 24.3 Å². The van der Waals surface area contributed by atoms with Gasteiger partial charge in [-0.1, -0.05) is 28.1 Å². The number of aryl methyl sites for hydroxylation is 1. The van der Waals surface area contributed by atoms with Gasteiger partial charge in [-0.3, -0.25) is 4.79 Å². The van der Waals surface area contributed by atoms with E-state index in [0.29, 0.717) is 6.61 Å². The van der Waals surface area contributed by atoms with Crippen molar-refractivity contribution in [3.8, 4) is 5.75 Å². The SMILES string of the molecule is CCOC(=O)C(C)(C)CCc1c(C)n(Cc2ccc(Br)cc2)c2ccc(OC)cc12. The molecule has 0 saturated heterocycles. The van der Waals surface area contributed by atoms with Gasteiger partial charge >= 0.3 is 5.97 Å². The predicted octanol–water partition coefficient (Wildman–Crippen LogP) is 6.29. The van der Waals surface area contributed by atoms with Crippen LogP contribution in [0.15, 0.2) is 46.9 Å². The van der Waals surface area contributed by atoms with E-state index in [-0.39, 0.29) is 5.97 Å². The third-order valence-corrected chi connectivity index (χ3v) is 6.27. The molecule has 0 fully saturated rings. The van der Waals surface area contributed by atoms with Crippen LogP contribution < -0.4 is 4.74 Å². The fourth-order valence-corrected chi connectivity index (χ4v) is 4.08. The Hall–Kier alpha value is -2.27. The molecule has 0 atom stereocenters. The number of carbonyl (C=O) groups excluding carboxylic acids is 1. The number of fused-ring (bicyclic) bond motifs is 1. The second-order valence-corrected chi connectivity index (χ2v) is 9.18. The number of hydrogen-bond acceptors (Lipinski definition) is 3. The molecule has 0 radical (unpaired) electrons. The van der Waals surface area contributed by atoms with E-state index in [9.17, 15) is 4.79 Å². The summed E-state index contributed by atoms with van der Waals surface area (Å²) in [5.41, 5.74) is 4.38. The number of nitrogens with zero attached hydrogens (tertiary/aromatic N) is 1. The fourth-order valence-electron chi connectivity index (χ4n) is 3.82. The molecule has 5 heteroatoms. The highest BCUT2D eigenvalue weighted by molar-refractivity contribution is 9.10. The molecule has 3 aromatic rings. The zero-order valence-electron chi connectivity index (χ0n) is 18.4. The second-order valence-electron chi connectivity index (χ2n) is 8.26. The van der Waals surface area contributed by atoms with Crippen LogP contribution in [0.25, 0.3) is 10.9 Å². The minimum Gasteiger partial charge on any atom is -0.497 e. The van der Waals surface area contributed by atoms with Gasteiger partial charge in [0.15, 0.2) is 0 Å². The molecule has 160 valence electrons. The number of halogens is 1. The Kier molecular flexibility index (Phi) is 6.91. The number of methoxy groups -OCH3 is 1. The minimum absolute atomic E-state index is 0.140. The normalized spacial score (nSPS) is 11.7. The number of benzene rings is 2. The van der Waals surface area contributed by atoms with Crippen molar-refractivity contribution in [2.24, 2.45) is 5.41 Å². The third-order valence-electron chi connectivity index (χ3n) is 5.74. The van der Waals surface area contributed by atoms with Gasteiger partial charge in [0.2, 0.25) is 0 Å². The van der Waals surface area contributed by atoms with Crippen molar-refractivity contribution in [1.29, 1.82) is 0 Å². The molecule has 3 rings (SSSR count). The summed E-state index contributed by atoms with van der Waals surface area (Å²) in [5.74, 6) is 0.702. The maximum atomic E-state index is 12.4. The van der Waals surface area contributed by atoms with E-state index < -0.39 is 5.41 Å². The Labute approximate surface area is 187 Å². The van der Waals surface area contributed by atoms with Crippen LogP contribution in [-0.2, 0) is 22.5 Å². The smallest absolute Gasteiger partial charge is 0.311 e. The zero-order valence-corrected chi connectivity index (χ0v) is 20.0. The maximum absolute atomic E-state index is 12.4. The zero-order chi connectivity index (χ0) is 21.9. The molecule has 0 N–H and O–H groups in total. The Balaban J connectivity index is 1.99. The lowest BCUT2D eigenvalue weighted by molar-refractivity contribution is -0.153. The van der Waals surface area contributed by atoms with Crippen molar-refractivity contribution >= 4 is 32.8 Å². The van der Waals surface area contributed by atoms with Crippen molar-refractivity contribution in [3.63, 3.8) is 0 Å². The van der Waals surface area contributed by atoms with Crippen LogP contribution >= 0.6 is 15.9 Å². The highest BCUT2D eigenvalue weighted by atomic mass is 79.9. The van der Waals surface area contributed by atoms with Crippen molar-refractivity contribution in [2.75, 3.05) is 13.7 Å². The Bertz CT molecular complexity index is 1030. The van der Waals surface area contributed by atoms with Crippen LogP contribution in [0.1, 0.15) is 44.0 Å². The molecule has 0 spiro atoms. The van der Waals surface area contributed by atoms with Crippen molar-refractivity contribution in [1.82, 2.24) is 4.57 Å². The van der Waals surface area contributed by atoms with E-state index >= 15 is 0 Å². The van der Waals surface area contributed by atoms with Crippen LogP contribution in [0.5, 0.6) is 5.75 Å². The maximum Gasteiger partial charge on any atom is 0.311 e. The fraction of sp³-hybridized carbons (Fsp3) is 0.400. The van der Waals surface area contributed by atoms with Gasteiger partial charge in [-0.2, -0.15) is 0 Å². The Morgan fingerprint density at radius 3 is 2.47 bits per heavy atom. The first-order chi connectivity index (χ1) is 14.3. The van der Waals surface area contributed by atoms with Gasteiger partial charge in [-0.15, -0.1) is 0 Å². The topological polar surface area (TPSA) is 40.5 Å². The molecule has 2 aromatic carbocycles. The summed E-state index contributed by atoms with van der Waals surface area (Å²) in [7, 11) is 1.69. The molecular formula is C25H30BrNO3. The number of aromatic nitrogens is 1. The summed E-state index contributed by atoms with van der Waals surface area (Å²) < 4.78 is 14.2. The summed E-state index contributed by atoms with van der Waals surface area (Å²) in [4.78, 5) is 12.4. The van der Waals surface area contributed by atoms with Gasteiger partial charge in [0.1, 0.15) is 5.75 Å². The van der Waals surface area contributed by atoms with E-state index in [2.05, 4.69) is 63.8 Å². The first-order valence-corrected chi connectivity index (χ1v) is 11.1. The minimum atomic E-state index is -0.526. The average Bonchev–Trinajstić information content (AvgIpc) is 2.98. The van der Waals surface area contributed by atoms with Gasteiger partial charge < -0.3 is 14.0 Å². The molecule has 4 nitrogen and oxygen atoms in total. The molecule has 0 unspecified atom stereocenters. The number of rotatable bonds is 8. The number of hydrogen-bond donors (Lipinski definition) is 0. The molecule has 0 aliphatic rings. The van der Waals surface area contributed by atoms with Gasteiger partial charge in [0, 0.05) is 27.6 Å². The van der Waals surface area contributed by atoms with Crippen LogP contribution in [0.4, 0.5) is 0 Å². The van der Waals surface area contributed by atoms with Gasteiger partial charge in [-0.25, -0.2) is 0 Å². The average molecular weight is 472 g/mol. The van der Waals surface area contributed by atoms with Crippen LogP contribution in [0.3, 0.4) is 0 Å². The molecule has 1 aromatic heterocycles. The Morgan fingerprint density at radius 2 is 1.83 bits per heavy atom. The van der Waals surface area contributed by atoms with Crippen molar-refractivity contribution in [3.05, 3.63) is 63.8 Å². The first kappa shape index (κ1) is 22.4. The molecule has 0 amide bonds. The number of esters is 1. The molecular weight excluding hydrogens is 442 g/mol. The lowest BCUT2D eigenvalue weighted by Crippen LogP contribution is -2.27. The van der Waals surface area contributed by atoms with E-state index in [1.54, 1.807) is 7.11 Å². The molecule has 1 heterocycles. The summed E-state index contributed by atoms with van der Waals surface area (Å²) in [6.45, 7) is 9.14. The third kappa shape index (κ3) is 4.72. The van der Waals surface area contributed by atoms with E-state index in [0.717, 1.165) is 29.6 Å². The van der Waals surface area contributed by atoms with Crippen LogP contribution in [0, 0.1) is 12.3 Å².